The highest BCUT2D eigenvalue weighted by Crippen LogP contribution is 2.53. The Morgan fingerprint density at radius 1 is 0.956 bits per heavy atom. The molecule has 366 valence electrons. The van der Waals surface area contributed by atoms with E-state index in [1.54, 1.807) is 18.7 Å². The van der Waals surface area contributed by atoms with E-state index in [2.05, 4.69) is 4.90 Å². The van der Waals surface area contributed by atoms with Crippen LogP contribution < -0.4 is 4.74 Å². The molecule has 4 heterocycles. The summed E-state index contributed by atoms with van der Waals surface area (Å²) in [5.74, 6) is -3.83. The van der Waals surface area contributed by atoms with E-state index in [-0.39, 0.29) is 95.2 Å². The summed E-state index contributed by atoms with van der Waals surface area (Å²) in [5.41, 5.74) is -3.80. The lowest BCUT2D eigenvalue weighted by molar-refractivity contribution is -0.248. The number of amides is 3. The molecule has 0 radical (unpaired) electrons. The van der Waals surface area contributed by atoms with E-state index in [4.69, 9.17) is 23.7 Å². The number of aromatic hydroxyl groups is 2. The Morgan fingerprint density at radius 3 is 2.38 bits per heavy atom. The summed E-state index contributed by atoms with van der Waals surface area (Å²) in [6.07, 6.45) is -2.80. The molecule has 0 aromatic heterocycles. The quantitative estimate of drug-likeness (QED) is 0.141. The van der Waals surface area contributed by atoms with Gasteiger partial charge in [0.2, 0.25) is 23.5 Å². The minimum atomic E-state index is -2.31. The van der Waals surface area contributed by atoms with Crippen molar-refractivity contribution < 1.29 is 77.7 Å². The molecule has 5 fully saturated rings. The molecule has 1 unspecified atom stereocenters. The van der Waals surface area contributed by atoms with Crippen molar-refractivity contribution in [2.75, 3.05) is 46.2 Å². The van der Waals surface area contributed by atoms with Crippen molar-refractivity contribution in [3.05, 3.63) is 51.6 Å². The molecule has 3 amide bonds. The topological polar surface area (TPSA) is 256 Å². The number of aliphatic hydroxyl groups is 2. The number of carbonyl (C=O) groups is 7. The number of ether oxygens (including phenoxy) is 5. The lowest BCUT2D eigenvalue weighted by atomic mass is 9.72. The first-order valence-corrected chi connectivity index (χ1v) is 24.3. The largest absolute Gasteiger partial charge is 0.507 e. The van der Waals surface area contributed by atoms with Crippen LogP contribution in [0, 0.1) is 11.8 Å². The average Bonchev–Trinajstić information content (AvgIpc) is 3.83. The van der Waals surface area contributed by atoms with Crippen LogP contribution in [0.2, 0.25) is 0 Å². The third-order valence-electron chi connectivity index (χ3n) is 15.2. The van der Waals surface area contributed by atoms with Crippen molar-refractivity contribution >= 4 is 52.6 Å². The summed E-state index contributed by atoms with van der Waals surface area (Å²) in [6.45, 7) is 3.34. The van der Waals surface area contributed by atoms with Crippen LogP contribution in [0.5, 0.6) is 17.2 Å². The molecule has 0 spiro atoms. The highest BCUT2D eigenvalue weighted by Gasteiger charge is 2.56. The number of likely N-dealkylation sites (tertiary alicyclic amines) is 1. The van der Waals surface area contributed by atoms with Gasteiger partial charge >= 0.3 is 0 Å². The molecule has 20 heteroatoms. The van der Waals surface area contributed by atoms with E-state index >= 15 is 0 Å². The van der Waals surface area contributed by atoms with Gasteiger partial charge in [0, 0.05) is 93.3 Å². The number of hydrogen-bond acceptors (Lipinski definition) is 18. The fourth-order valence-electron chi connectivity index (χ4n) is 11.6. The Labute approximate surface area is 396 Å². The maximum absolute atomic E-state index is 14.1. The van der Waals surface area contributed by atoms with Crippen LogP contribution >= 0.6 is 11.8 Å². The Morgan fingerprint density at radius 2 is 1.69 bits per heavy atom. The number of aliphatic hydroxyl groups excluding tert-OH is 1. The molecule has 0 bridgehead atoms. The number of fused-ring (bicyclic) bond motifs is 6. The summed E-state index contributed by atoms with van der Waals surface area (Å²) < 4.78 is 30.7. The monoisotopic (exact) mass is 963 g/mol. The lowest BCUT2D eigenvalue weighted by Gasteiger charge is -2.45. The molecule has 4 aliphatic heterocycles. The number of rotatable bonds is 13. The van der Waals surface area contributed by atoms with Crippen molar-refractivity contribution in [1.29, 1.82) is 0 Å². The number of Topliss-reactive ketones (excluding diaryl/α,β-unsaturated/α-hetero) is 2. The van der Waals surface area contributed by atoms with Crippen LogP contribution in [0.15, 0.2) is 18.2 Å². The minimum absolute atomic E-state index is 0.0505. The number of methoxy groups -OCH3 is 2. The number of ketones is 4. The van der Waals surface area contributed by atoms with E-state index in [0.717, 1.165) is 25.7 Å². The van der Waals surface area contributed by atoms with Gasteiger partial charge in [-0.1, -0.05) is 12.1 Å². The van der Waals surface area contributed by atoms with Gasteiger partial charge in [-0.15, -0.1) is 11.8 Å². The van der Waals surface area contributed by atoms with E-state index < -0.39 is 107 Å². The van der Waals surface area contributed by atoms with Gasteiger partial charge in [-0.25, -0.2) is 0 Å². The smallest absolute Gasteiger partial charge is 0.242 e. The summed E-state index contributed by atoms with van der Waals surface area (Å²) in [6, 6.07) is 4.02. The van der Waals surface area contributed by atoms with Gasteiger partial charge in [-0.05, 0) is 51.5 Å². The van der Waals surface area contributed by atoms with Crippen LogP contribution in [0.25, 0.3) is 0 Å². The van der Waals surface area contributed by atoms with Gasteiger partial charge < -0.3 is 49.0 Å². The van der Waals surface area contributed by atoms with Crippen LogP contribution in [-0.2, 0) is 49.3 Å². The van der Waals surface area contributed by atoms with Gasteiger partial charge in [0.1, 0.15) is 41.3 Å². The number of carbonyl (C=O) groups excluding carboxylic acids is 7. The first kappa shape index (κ1) is 48.2. The number of benzene rings is 2. The number of hydrogen-bond donors (Lipinski definition) is 4. The summed E-state index contributed by atoms with van der Waals surface area (Å²) >= 11 is 1.29. The number of phenolic OH excluding ortho intramolecular Hbond substituents is 2. The van der Waals surface area contributed by atoms with Crippen molar-refractivity contribution in [1.82, 2.24) is 14.7 Å². The second-order valence-corrected chi connectivity index (χ2v) is 20.3. The molecule has 1 saturated carbocycles. The molecule has 7 aliphatic rings. The Balaban J connectivity index is 0.874. The number of piperazine rings is 1. The maximum Gasteiger partial charge on any atom is 0.242 e. The van der Waals surface area contributed by atoms with Gasteiger partial charge in [0.15, 0.2) is 30.3 Å². The molecular formula is C48H57N3O16S. The molecule has 68 heavy (non-hydrogen) atoms. The molecule has 2 aromatic carbocycles. The summed E-state index contributed by atoms with van der Waals surface area (Å²) in [5, 5.41) is 44.8. The van der Waals surface area contributed by atoms with E-state index in [1.807, 2.05) is 0 Å². The predicted octanol–water partition coefficient (Wildman–Crippen LogP) is 2.17. The summed E-state index contributed by atoms with van der Waals surface area (Å²) in [4.78, 5) is 98.0. The molecule has 3 aliphatic carbocycles. The fraction of sp³-hybridized carbons (Fsp3) is 0.604. The van der Waals surface area contributed by atoms with Crippen LogP contribution in [-0.4, -0.2) is 170 Å². The zero-order valence-corrected chi connectivity index (χ0v) is 39.2. The third-order valence-corrected chi connectivity index (χ3v) is 16.4. The Hall–Kier alpha value is -4.80. The second-order valence-electron chi connectivity index (χ2n) is 19.0. The highest BCUT2D eigenvalue weighted by atomic mass is 32.2. The second kappa shape index (κ2) is 18.8. The normalized spacial score (nSPS) is 32.3. The third kappa shape index (κ3) is 8.23. The van der Waals surface area contributed by atoms with E-state index in [1.165, 1.54) is 49.1 Å². The first-order valence-electron chi connectivity index (χ1n) is 23.2. The number of thioether (sulfide) groups is 1. The van der Waals surface area contributed by atoms with Crippen LogP contribution in [0.4, 0.5) is 0 Å². The van der Waals surface area contributed by atoms with E-state index in [9.17, 15) is 54.0 Å². The van der Waals surface area contributed by atoms with Crippen molar-refractivity contribution in [3.8, 4) is 17.2 Å². The fourth-order valence-corrected chi connectivity index (χ4v) is 12.7. The first-order chi connectivity index (χ1) is 32.5. The molecule has 4 N–H and O–H groups in total. The van der Waals surface area contributed by atoms with Crippen LogP contribution in [0.1, 0.15) is 114 Å². The average molecular weight is 964 g/mol. The van der Waals surface area contributed by atoms with Crippen molar-refractivity contribution in [3.63, 3.8) is 0 Å². The molecule has 9 atom stereocenters. The number of phenols is 2. The predicted molar refractivity (Wildman–Crippen MR) is 238 cm³/mol. The highest BCUT2D eigenvalue weighted by molar-refractivity contribution is 8.00. The van der Waals surface area contributed by atoms with Crippen LogP contribution in [0.3, 0.4) is 0 Å². The van der Waals surface area contributed by atoms with Gasteiger partial charge in [0.05, 0.1) is 41.3 Å². The standard InChI is InChI=1S/C48H57N3O16S/c1-22(53)25-10-8-24(9-11-25)20-51-34(56)17-31(45(51)61)68-15-12-33(55)50-14-13-49-28-16-35(65-23(2)44(28)67-47(49)46(50)64-4)66-30-19-48(62,32(54)21-52)18-27-37(30)43(60)39-38(41(27)58)40(57)26-6-5-7-29(63-3)36(26)42(39)59/h5-7,23-25,28,30-31,35,44,46-47,52,58,60,62H,8-21H2,1-4H3/t23-,24?,25?,28-,30-,31?,35-,44+,46+,47+,48-/m0/s1. The maximum atomic E-state index is 14.1. The Kier molecular flexibility index (Phi) is 13.4. The number of nitrogens with zero attached hydrogens (tertiary/aromatic N) is 3. The Bertz CT molecular complexity index is 2440. The molecule has 9 rings (SSSR count). The molecular weight excluding hydrogens is 907 g/mol. The molecule has 2 aromatic rings. The summed E-state index contributed by atoms with van der Waals surface area (Å²) in [7, 11) is 2.80. The lowest BCUT2D eigenvalue weighted by Crippen LogP contribution is -2.62. The van der Waals surface area contributed by atoms with Crippen molar-refractivity contribution in [2.45, 2.75) is 126 Å². The van der Waals surface area contributed by atoms with Gasteiger partial charge in [-0.3, -0.25) is 43.4 Å². The zero-order valence-electron chi connectivity index (χ0n) is 38.3. The SMILES string of the molecule is COc1cccc2c1C(=O)c1c(O)c3c(c(O)c1C2=O)C[C@@](O)(C(=O)CO)C[C@@H]3O[C@H]1C[C@H]2[C@H](O[C@@H]3[C@@H](OC)N(C(=O)CCSC4CC(=O)N(CC5CCC(C(C)=O)CC5)C4=O)CCN32)[C@H](C)O1. The zero-order chi connectivity index (χ0) is 48.5. The molecule has 19 nitrogen and oxygen atoms in total. The number of imide groups is 1. The minimum Gasteiger partial charge on any atom is -0.507 e. The van der Waals surface area contributed by atoms with Gasteiger partial charge in [-0.2, -0.15) is 0 Å². The molecule has 4 saturated heterocycles. The van der Waals surface area contributed by atoms with E-state index in [0.29, 0.717) is 18.8 Å². The van der Waals surface area contributed by atoms with Crippen molar-refractivity contribution in [2.24, 2.45) is 11.8 Å². The van der Waals surface area contributed by atoms with Gasteiger partial charge in [0.25, 0.3) is 0 Å².